The minimum Gasteiger partial charge on any atom is -0.379 e. The number of nitrogens with one attached hydrogen (secondary N) is 1. The molecule has 14 heavy (non-hydrogen) atoms. The van der Waals surface area contributed by atoms with E-state index in [1.165, 1.54) is 0 Å². The molecule has 4 heteroatoms. The maximum absolute atomic E-state index is 11.0. The smallest absolute Gasteiger partial charge is 0.234 e. The molecule has 0 saturated heterocycles. The third-order valence-corrected chi connectivity index (χ3v) is 1.74. The summed E-state index contributed by atoms with van der Waals surface area (Å²) in [6, 6.07) is -0.0275. The van der Waals surface area contributed by atoms with Gasteiger partial charge in [0.2, 0.25) is 5.91 Å². The number of carbonyl (C=O) groups excluding carboxylic acids is 1. The van der Waals surface area contributed by atoms with Crippen molar-refractivity contribution in [3.8, 4) is 0 Å². The highest BCUT2D eigenvalue weighted by Gasteiger charge is 2.15. The van der Waals surface area contributed by atoms with Gasteiger partial charge in [-0.2, -0.15) is 0 Å². The van der Waals surface area contributed by atoms with Crippen molar-refractivity contribution in [2.75, 3.05) is 6.61 Å². The maximum atomic E-state index is 11.0. The van der Waals surface area contributed by atoms with E-state index in [2.05, 4.69) is 5.32 Å². The first kappa shape index (κ1) is 13.4. The van der Waals surface area contributed by atoms with Crippen molar-refractivity contribution in [2.24, 2.45) is 5.73 Å². The molecule has 0 spiro atoms. The molecule has 0 aromatic rings. The van der Waals surface area contributed by atoms with Gasteiger partial charge in [0.25, 0.3) is 0 Å². The molecular formula is C10H22N2O2. The molecule has 0 aliphatic carbocycles. The monoisotopic (exact) mass is 202 g/mol. The number of amides is 1. The van der Waals surface area contributed by atoms with Crippen LogP contribution in [0.3, 0.4) is 0 Å². The van der Waals surface area contributed by atoms with Gasteiger partial charge in [0.1, 0.15) is 0 Å². The van der Waals surface area contributed by atoms with E-state index in [1.807, 2.05) is 27.7 Å². The molecule has 0 aromatic heterocycles. The van der Waals surface area contributed by atoms with Gasteiger partial charge in [0.15, 0.2) is 0 Å². The van der Waals surface area contributed by atoms with Gasteiger partial charge in [-0.15, -0.1) is 0 Å². The van der Waals surface area contributed by atoms with Crippen LogP contribution in [0.15, 0.2) is 0 Å². The average Bonchev–Trinajstić information content (AvgIpc) is 2.00. The standard InChI is InChI=1S/C10H22N2O2/c1-7(2)12-9(10(11)13)5-6-14-8(3)4/h7-9,12H,5-6H2,1-4H3,(H2,11,13). The molecule has 1 unspecified atom stereocenters. The van der Waals surface area contributed by atoms with Gasteiger partial charge >= 0.3 is 0 Å². The second-order valence-corrected chi connectivity index (χ2v) is 3.98. The normalized spacial score (nSPS) is 13.6. The van der Waals surface area contributed by atoms with Crippen LogP contribution in [0, 0.1) is 0 Å². The zero-order valence-electron chi connectivity index (χ0n) is 9.54. The fourth-order valence-corrected chi connectivity index (χ4v) is 1.13. The Bertz CT molecular complexity index is 170. The number of hydrogen-bond acceptors (Lipinski definition) is 3. The topological polar surface area (TPSA) is 64.3 Å². The first-order chi connectivity index (χ1) is 6.43. The third-order valence-electron chi connectivity index (χ3n) is 1.74. The Hall–Kier alpha value is -0.610. The summed E-state index contributed by atoms with van der Waals surface area (Å²) in [5.41, 5.74) is 5.24. The van der Waals surface area contributed by atoms with E-state index in [9.17, 15) is 4.79 Å². The molecular weight excluding hydrogens is 180 g/mol. The number of rotatable bonds is 7. The molecule has 84 valence electrons. The Balaban J connectivity index is 3.80. The Labute approximate surface area is 86.2 Å². The lowest BCUT2D eigenvalue weighted by Gasteiger charge is -2.18. The molecule has 3 N–H and O–H groups in total. The molecule has 0 bridgehead atoms. The fourth-order valence-electron chi connectivity index (χ4n) is 1.13. The SMILES string of the molecule is CC(C)NC(CCOC(C)C)C(N)=O. The summed E-state index contributed by atoms with van der Waals surface area (Å²) in [7, 11) is 0. The highest BCUT2D eigenvalue weighted by atomic mass is 16.5. The van der Waals surface area contributed by atoms with Crippen molar-refractivity contribution in [1.29, 1.82) is 0 Å². The zero-order valence-corrected chi connectivity index (χ0v) is 9.54. The van der Waals surface area contributed by atoms with Crippen LogP contribution in [0.1, 0.15) is 34.1 Å². The molecule has 0 radical (unpaired) electrons. The molecule has 0 aliphatic heterocycles. The highest BCUT2D eigenvalue weighted by Crippen LogP contribution is 1.97. The summed E-state index contributed by atoms with van der Waals surface area (Å²) in [6.45, 7) is 8.47. The molecule has 0 heterocycles. The van der Waals surface area contributed by atoms with Crippen molar-refractivity contribution in [1.82, 2.24) is 5.32 Å². The van der Waals surface area contributed by atoms with Crippen LogP contribution < -0.4 is 11.1 Å². The lowest BCUT2D eigenvalue weighted by atomic mass is 10.2. The van der Waals surface area contributed by atoms with Crippen LogP contribution in [-0.4, -0.2) is 30.7 Å². The summed E-state index contributed by atoms with van der Waals surface area (Å²) in [5, 5.41) is 3.10. The van der Waals surface area contributed by atoms with E-state index in [0.717, 1.165) is 0 Å². The Morgan fingerprint density at radius 3 is 2.29 bits per heavy atom. The predicted molar refractivity (Wildman–Crippen MR) is 57.0 cm³/mol. The highest BCUT2D eigenvalue weighted by molar-refractivity contribution is 5.79. The molecule has 1 atom stereocenters. The number of primary amides is 1. The van der Waals surface area contributed by atoms with E-state index in [1.54, 1.807) is 0 Å². The van der Waals surface area contributed by atoms with Crippen LogP contribution in [0.5, 0.6) is 0 Å². The van der Waals surface area contributed by atoms with Crippen LogP contribution in [0.2, 0.25) is 0 Å². The first-order valence-corrected chi connectivity index (χ1v) is 5.10. The minimum absolute atomic E-state index is 0.197. The van der Waals surface area contributed by atoms with Gasteiger partial charge in [-0.05, 0) is 20.3 Å². The molecule has 4 nitrogen and oxygen atoms in total. The summed E-state index contributed by atoms with van der Waals surface area (Å²) < 4.78 is 5.36. The quantitative estimate of drug-likeness (QED) is 0.637. The Morgan fingerprint density at radius 2 is 1.93 bits per heavy atom. The zero-order chi connectivity index (χ0) is 11.1. The van der Waals surface area contributed by atoms with E-state index < -0.39 is 0 Å². The third kappa shape index (κ3) is 6.86. The van der Waals surface area contributed by atoms with Crippen LogP contribution >= 0.6 is 0 Å². The summed E-state index contributed by atoms with van der Waals surface area (Å²) in [6.07, 6.45) is 0.827. The van der Waals surface area contributed by atoms with E-state index >= 15 is 0 Å². The molecule has 0 aliphatic rings. The number of carbonyl (C=O) groups is 1. The Kier molecular flexibility index (Phi) is 6.49. The van der Waals surface area contributed by atoms with E-state index in [0.29, 0.717) is 13.0 Å². The largest absolute Gasteiger partial charge is 0.379 e. The molecule has 0 saturated carbocycles. The summed E-state index contributed by atoms with van der Waals surface area (Å²) in [4.78, 5) is 11.0. The van der Waals surface area contributed by atoms with Crippen molar-refractivity contribution in [3.63, 3.8) is 0 Å². The van der Waals surface area contributed by atoms with E-state index in [4.69, 9.17) is 10.5 Å². The molecule has 0 aromatic carbocycles. The second-order valence-electron chi connectivity index (χ2n) is 3.98. The lowest BCUT2D eigenvalue weighted by molar-refractivity contribution is -0.120. The van der Waals surface area contributed by atoms with Crippen LogP contribution in [0.4, 0.5) is 0 Å². The summed E-state index contributed by atoms with van der Waals surface area (Å²) in [5.74, 6) is -0.314. The Morgan fingerprint density at radius 1 is 1.36 bits per heavy atom. The van der Waals surface area contributed by atoms with Gasteiger partial charge in [-0.25, -0.2) is 0 Å². The lowest BCUT2D eigenvalue weighted by Crippen LogP contribution is -2.45. The second kappa shape index (κ2) is 6.79. The van der Waals surface area contributed by atoms with Gasteiger partial charge in [-0.3, -0.25) is 4.79 Å². The van der Waals surface area contributed by atoms with Crippen LogP contribution in [0.25, 0.3) is 0 Å². The van der Waals surface area contributed by atoms with Gasteiger partial charge in [0, 0.05) is 12.6 Å². The molecule has 1 amide bonds. The average molecular weight is 202 g/mol. The fraction of sp³-hybridized carbons (Fsp3) is 0.900. The molecule has 0 rings (SSSR count). The molecule has 0 fully saturated rings. The van der Waals surface area contributed by atoms with Crippen molar-refractivity contribution < 1.29 is 9.53 Å². The number of nitrogens with two attached hydrogens (primary N) is 1. The van der Waals surface area contributed by atoms with Crippen molar-refractivity contribution in [2.45, 2.75) is 52.3 Å². The minimum atomic E-state index is -0.314. The van der Waals surface area contributed by atoms with Gasteiger partial charge in [-0.1, -0.05) is 13.8 Å². The van der Waals surface area contributed by atoms with Gasteiger partial charge in [0.05, 0.1) is 12.1 Å². The van der Waals surface area contributed by atoms with E-state index in [-0.39, 0.29) is 24.1 Å². The van der Waals surface area contributed by atoms with Crippen LogP contribution in [-0.2, 0) is 9.53 Å². The van der Waals surface area contributed by atoms with Gasteiger partial charge < -0.3 is 15.8 Å². The predicted octanol–water partition coefficient (Wildman–Crippen LogP) is 0.653. The van der Waals surface area contributed by atoms with Crippen molar-refractivity contribution >= 4 is 5.91 Å². The summed E-state index contributed by atoms with van der Waals surface area (Å²) >= 11 is 0. The number of ether oxygens (including phenoxy) is 1. The van der Waals surface area contributed by atoms with Crippen molar-refractivity contribution in [3.05, 3.63) is 0 Å². The number of hydrogen-bond donors (Lipinski definition) is 2. The maximum Gasteiger partial charge on any atom is 0.234 e. The first-order valence-electron chi connectivity index (χ1n) is 5.10.